The lowest BCUT2D eigenvalue weighted by Crippen LogP contribution is -2.26. The van der Waals surface area contributed by atoms with Gasteiger partial charge in [-0.05, 0) is 27.2 Å². The zero-order valence-electron chi connectivity index (χ0n) is 12.9. The van der Waals surface area contributed by atoms with Crippen molar-refractivity contribution < 1.29 is 14.3 Å². The van der Waals surface area contributed by atoms with E-state index in [1.165, 1.54) is 10.9 Å². The van der Waals surface area contributed by atoms with E-state index >= 15 is 0 Å². The molecule has 0 aromatic carbocycles. The van der Waals surface area contributed by atoms with Crippen LogP contribution in [0.5, 0.6) is 0 Å². The minimum absolute atomic E-state index is 0.0125. The molecule has 1 rings (SSSR count). The summed E-state index contributed by atoms with van der Waals surface area (Å²) < 4.78 is 6.53. The van der Waals surface area contributed by atoms with E-state index in [9.17, 15) is 9.59 Å². The second-order valence-corrected chi connectivity index (χ2v) is 5.68. The molecule has 0 unspecified atom stereocenters. The summed E-state index contributed by atoms with van der Waals surface area (Å²) >= 11 is 0. The van der Waals surface area contributed by atoms with Crippen molar-refractivity contribution in [2.75, 3.05) is 6.54 Å². The minimum Gasteiger partial charge on any atom is -0.443 e. The lowest BCUT2D eigenvalue weighted by molar-refractivity contribution is -0.120. The molecule has 1 amide bonds. The Balaban J connectivity index is 2.40. The second kappa shape index (κ2) is 7.61. The van der Waals surface area contributed by atoms with Gasteiger partial charge in [-0.3, -0.25) is 4.79 Å². The van der Waals surface area contributed by atoms with Crippen LogP contribution in [0, 0.1) is 0 Å². The lowest BCUT2D eigenvalue weighted by atomic mass is 10.2. The highest BCUT2D eigenvalue weighted by Gasteiger charge is 2.17. The number of carbonyl (C=O) groups is 2. The number of nitrogens with one attached hydrogen (secondary N) is 1. The molecule has 0 aliphatic carbocycles. The van der Waals surface area contributed by atoms with E-state index in [4.69, 9.17) is 4.74 Å². The van der Waals surface area contributed by atoms with Crippen LogP contribution in [0.25, 0.3) is 0 Å². The molecule has 1 aromatic heterocycles. The normalized spacial score (nSPS) is 11.0. The third-order valence-electron chi connectivity index (χ3n) is 2.52. The molecule has 0 radical (unpaired) electrons. The zero-order valence-corrected chi connectivity index (χ0v) is 12.9. The van der Waals surface area contributed by atoms with Crippen molar-refractivity contribution in [2.24, 2.45) is 0 Å². The van der Waals surface area contributed by atoms with Gasteiger partial charge in [-0.1, -0.05) is 6.08 Å². The van der Waals surface area contributed by atoms with Crippen LogP contribution in [-0.2, 0) is 16.0 Å². The Morgan fingerprint density at radius 2 is 2.19 bits per heavy atom. The van der Waals surface area contributed by atoms with Gasteiger partial charge in [0, 0.05) is 25.6 Å². The van der Waals surface area contributed by atoms with Gasteiger partial charge in [-0.15, -0.1) is 6.58 Å². The monoisotopic (exact) mass is 293 g/mol. The number of hydrogen-bond acceptors (Lipinski definition) is 4. The Labute approximate surface area is 125 Å². The Morgan fingerprint density at radius 3 is 2.81 bits per heavy atom. The van der Waals surface area contributed by atoms with Crippen LogP contribution in [0.4, 0.5) is 4.79 Å². The van der Waals surface area contributed by atoms with Gasteiger partial charge >= 0.3 is 6.09 Å². The van der Waals surface area contributed by atoms with Gasteiger partial charge < -0.3 is 10.1 Å². The van der Waals surface area contributed by atoms with E-state index in [2.05, 4.69) is 16.9 Å². The van der Waals surface area contributed by atoms with Gasteiger partial charge in [0.2, 0.25) is 5.91 Å². The van der Waals surface area contributed by atoms with Crippen molar-refractivity contribution in [3.05, 3.63) is 30.9 Å². The second-order valence-electron chi connectivity index (χ2n) is 5.68. The first-order valence-electron chi connectivity index (χ1n) is 6.95. The third-order valence-corrected chi connectivity index (χ3v) is 2.52. The van der Waals surface area contributed by atoms with E-state index < -0.39 is 11.7 Å². The van der Waals surface area contributed by atoms with Crippen LogP contribution in [0.1, 0.15) is 39.3 Å². The van der Waals surface area contributed by atoms with Crippen molar-refractivity contribution in [3.8, 4) is 0 Å². The summed E-state index contributed by atoms with van der Waals surface area (Å²) in [4.78, 5) is 27.3. The number of amides is 1. The predicted octanol–water partition coefficient (Wildman–Crippen LogP) is 2.29. The van der Waals surface area contributed by atoms with Crippen molar-refractivity contribution in [1.82, 2.24) is 14.9 Å². The molecule has 116 valence electrons. The molecule has 0 saturated carbocycles. The molecular formula is C15H23N3O3. The SMILES string of the molecule is C=CCCC(=O)NCCc1cn(C(=O)OC(C)(C)C)cn1. The van der Waals surface area contributed by atoms with Crippen LogP contribution in [0.2, 0.25) is 0 Å². The van der Waals surface area contributed by atoms with E-state index in [-0.39, 0.29) is 5.91 Å². The molecule has 1 aromatic rings. The molecule has 21 heavy (non-hydrogen) atoms. The van der Waals surface area contributed by atoms with Gasteiger partial charge in [0.25, 0.3) is 0 Å². The Bertz CT molecular complexity index is 501. The van der Waals surface area contributed by atoms with Gasteiger partial charge in [-0.25, -0.2) is 14.3 Å². The molecular weight excluding hydrogens is 270 g/mol. The number of hydrogen-bond donors (Lipinski definition) is 1. The van der Waals surface area contributed by atoms with Crippen molar-refractivity contribution in [2.45, 2.75) is 45.6 Å². The molecule has 0 aliphatic rings. The van der Waals surface area contributed by atoms with E-state index in [1.807, 2.05) is 20.8 Å². The number of imidazole rings is 1. The Hall–Kier alpha value is -2.11. The van der Waals surface area contributed by atoms with E-state index in [1.54, 1.807) is 12.3 Å². The van der Waals surface area contributed by atoms with Crippen LogP contribution in [0.15, 0.2) is 25.2 Å². The maximum absolute atomic E-state index is 11.8. The zero-order chi connectivity index (χ0) is 15.9. The standard InChI is InChI=1S/C15H23N3O3/c1-5-6-7-13(19)16-9-8-12-10-18(11-17-12)14(20)21-15(2,3)4/h5,10-11H,1,6-9H2,2-4H3,(H,16,19). The summed E-state index contributed by atoms with van der Waals surface area (Å²) in [5.41, 5.74) is 0.186. The van der Waals surface area contributed by atoms with Crippen molar-refractivity contribution >= 4 is 12.0 Å². The number of allylic oxidation sites excluding steroid dienone is 1. The largest absolute Gasteiger partial charge is 0.443 e. The highest BCUT2D eigenvalue weighted by molar-refractivity contribution is 5.76. The molecule has 0 fully saturated rings. The van der Waals surface area contributed by atoms with Gasteiger partial charge in [-0.2, -0.15) is 0 Å². The average Bonchev–Trinajstić information content (AvgIpc) is 2.83. The topological polar surface area (TPSA) is 73.2 Å². The van der Waals surface area contributed by atoms with Crippen LogP contribution < -0.4 is 5.32 Å². The highest BCUT2D eigenvalue weighted by atomic mass is 16.6. The molecule has 6 heteroatoms. The van der Waals surface area contributed by atoms with E-state index in [0.717, 1.165) is 5.69 Å². The number of rotatable bonds is 6. The summed E-state index contributed by atoms with van der Waals surface area (Å²) in [5, 5.41) is 2.79. The number of ether oxygens (including phenoxy) is 1. The maximum atomic E-state index is 11.8. The molecule has 6 nitrogen and oxygen atoms in total. The first kappa shape index (κ1) is 16.9. The molecule has 0 aliphatic heterocycles. The minimum atomic E-state index is -0.541. The summed E-state index contributed by atoms with van der Waals surface area (Å²) in [5.74, 6) is -0.0125. The number of aromatic nitrogens is 2. The van der Waals surface area contributed by atoms with Crippen LogP contribution in [0.3, 0.4) is 0 Å². The van der Waals surface area contributed by atoms with Gasteiger partial charge in [0.15, 0.2) is 0 Å². The predicted molar refractivity (Wildman–Crippen MR) is 80.0 cm³/mol. The summed E-state index contributed by atoms with van der Waals surface area (Å²) in [6.45, 7) is 9.48. The van der Waals surface area contributed by atoms with E-state index in [0.29, 0.717) is 25.8 Å². The first-order chi connectivity index (χ1) is 9.81. The fourth-order valence-corrected chi connectivity index (χ4v) is 1.56. The van der Waals surface area contributed by atoms with Crippen molar-refractivity contribution in [1.29, 1.82) is 0 Å². The molecule has 0 atom stereocenters. The highest BCUT2D eigenvalue weighted by Crippen LogP contribution is 2.09. The fraction of sp³-hybridized carbons (Fsp3) is 0.533. The van der Waals surface area contributed by atoms with Gasteiger partial charge in [0.1, 0.15) is 11.9 Å². The lowest BCUT2D eigenvalue weighted by Gasteiger charge is -2.19. The Morgan fingerprint density at radius 1 is 1.48 bits per heavy atom. The van der Waals surface area contributed by atoms with Gasteiger partial charge in [0.05, 0.1) is 5.69 Å². The quantitative estimate of drug-likeness (QED) is 0.817. The molecule has 1 heterocycles. The molecule has 0 spiro atoms. The van der Waals surface area contributed by atoms with Crippen LogP contribution >= 0.6 is 0 Å². The molecule has 0 saturated heterocycles. The smallest absolute Gasteiger partial charge is 0.419 e. The average molecular weight is 293 g/mol. The summed E-state index contributed by atoms with van der Waals surface area (Å²) in [6, 6.07) is 0. The van der Waals surface area contributed by atoms with Crippen LogP contribution in [-0.4, -0.2) is 33.7 Å². The fourth-order valence-electron chi connectivity index (χ4n) is 1.56. The Kier molecular flexibility index (Phi) is 6.14. The number of carbonyl (C=O) groups excluding carboxylic acids is 2. The summed E-state index contributed by atoms with van der Waals surface area (Å²) in [6.07, 6.45) is 5.95. The van der Waals surface area contributed by atoms with Crippen molar-refractivity contribution in [3.63, 3.8) is 0 Å². The first-order valence-corrected chi connectivity index (χ1v) is 6.95. The summed E-state index contributed by atoms with van der Waals surface area (Å²) in [7, 11) is 0. The number of nitrogens with zero attached hydrogens (tertiary/aromatic N) is 2. The molecule has 0 bridgehead atoms. The maximum Gasteiger partial charge on any atom is 0.419 e. The third kappa shape index (κ3) is 6.74. The molecule has 1 N–H and O–H groups in total.